The number of aromatic nitrogens is 2. The Morgan fingerprint density at radius 2 is 2.15 bits per heavy atom. The molecule has 5 heteroatoms. The lowest BCUT2D eigenvalue weighted by atomic mass is 10.2. The Hall–Kier alpha value is -1.65. The van der Waals surface area contributed by atoms with Crippen molar-refractivity contribution in [3.63, 3.8) is 0 Å². The maximum Gasteiger partial charge on any atom is 0.254 e. The number of H-pyrrole nitrogens is 1. The third-order valence-electron chi connectivity index (χ3n) is 1.66. The van der Waals surface area contributed by atoms with Crippen LogP contribution in [0.1, 0.15) is 17.1 Å². The minimum atomic E-state index is -1.28. The molecule has 0 aliphatic carbocycles. The Kier molecular flexibility index (Phi) is 2.46. The van der Waals surface area contributed by atoms with Crippen molar-refractivity contribution in [3.8, 4) is 0 Å². The number of nitrogens with zero attached hydrogens (tertiary/aromatic N) is 1. The van der Waals surface area contributed by atoms with Crippen LogP contribution in [0.25, 0.3) is 0 Å². The highest BCUT2D eigenvalue weighted by atomic mass is 16.4. The number of nitrogens with one attached hydrogen (secondary N) is 1. The molecule has 0 spiro atoms. The molecule has 0 saturated heterocycles. The Labute approximate surface area is 74.4 Å². The van der Waals surface area contributed by atoms with Crippen molar-refractivity contribution in [1.82, 2.24) is 9.97 Å². The number of hydrogen-bond acceptors (Lipinski definition) is 4. The van der Waals surface area contributed by atoms with Gasteiger partial charge in [0.2, 0.25) is 0 Å². The Morgan fingerprint density at radius 1 is 1.54 bits per heavy atom. The van der Waals surface area contributed by atoms with E-state index in [-0.39, 0.29) is 5.56 Å². The molecule has 0 bridgehead atoms. The lowest BCUT2D eigenvalue weighted by Gasteiger charge is -2.04. The molecule has 0 aliphatic heterocycles. The molecule has 1 rings (SSSR count). The lowest BCUT2D eigenvalue weighted by Crippen LogP contribution is -2.29. The summed E-state index contributed by atoms with van der Waals surface area (Å²) in [5.74, 6) is -0.802. The van der Waals surface area contributed by atoms with Crippen molar-refractivity contribution in [3.05, 3.63) is 27.4 Å². The van der Waals surface area contributed by atoms with Crippen LogP contribution in [0.3, 0.4) is 0 Å². The van der Waals surface area contributed by atoms with E-state index in [1.165, 1.54) is 0 Å². The molecule has 1 aromatic rings. The second kappa shape index (κ2) is 3.38. The van der Waals surface area contributed by atoms with Gasteiger partial charge in [0, 0.05) is 23.6 Å². The van der Waals surface area contributed by atoms with Crippen LogP contribution in [-0.4, -0.2) is 15.9 Å². The first kappa shape index (κ1) is 9.44. The van der Waals surface area contributed by atoms with E-state index in [1.54, 1.807) is 13.8 Å². The number of carbonyl (C=O) groups excluding carboxylic acids is 1. The van der Waals surface area contributed by atoms with Crippen molar-refractivity contribution < 1.29 is 9.90 Å². The summed E-state index contributed by atoms with van der Waals surface area (Å²) in [5, 5.41) is 10.3. The highest BCUT2D eigenvalue weighted by Crippen LogP contribution is 1.98. The molecule has 0 fully saturated rings. The smallest absolute Gasteiger partial charge is 0.254 e. The van der Waals surface area contributed by atoms with Gasteiger partial charge in [-0.3, -0.25) is 4.79 Å². The summed E-state index contributed by atoms with van der Waals surface area (Å²) in [5.41, 5.74) is 0.185. The van der Waals surface area contributed by atoms with E-state index in [4.69, 9.17) is 0 Å². The molecule has 13 heavy (non-hydrogen) atoms. The monoisotopic (exact) mass is 181 g/mol. The van der Waals surface area contributed by atoms with E-state index in [1.807, 2.05) is 0 Å². The fourth-order valence-corrected chi connectivity index (χ4v) is 1.10. The van der Waals surface area contributed by atoms with Gasteiger partial charge >= 0.3 is 0 Å². The number of aryl methyl sites for hydroxylation is 2. The largest absolute Gasteiger partial charge is 0.550 e. The number of hydrogen-bond donors (Lipinski definition) is 1. The second-order valence-corrected chi connectivity index (χ2v) is 2.76. The van der Waals surface area contributed by atoms with E-state index < -0.39 is 17.9 Å². The molecule has 0 unspecified atom stereocenters. The summed E-state index contributed by atoms with van der Waals surface area (Å²) < 4.78 is 0. The molecule has 1 heterocycles. The van der Waals surface area contributed by atoms with Gasteiger partial charge in [-0.15, -0.1) is 0 Å². The van der Waals surface area contributed by atoms with Crippen LogP contribution in [-0.2, 0) is 11.2 Å². The maximum atomic E-state index is 11.2. The lowest BCUT2D eigenvalue weighted by molar-refractivity contribution is -0.304. The van der Waals surface area contributed by atoms with E-state index in [0.717, 1.165) is 0 Å². The molecule has 0 atom stereocenters. The van der Waals surface area contributed by atoms with E-state index in [0.29, 0.717) is 11.5 Å². The predicted octanol–water partition coefficient (Wildman–Crippen LogP) is -1.32. The molecule has 5 nitrogen and oxygen atoms in total. The van der Waals surface area contributed by atoms with Crippen LogP contribution in [0.5, 0.6) is 0 Å². The zero-order chi connectivity index (χ0) is 10.0. The van der Waals surface area contributed by atoms with Crippen molar-refractivity contribution in [2.24, 2.45) is 0 Å². The van der Waals surface area contributed by atoms with Crippen LogP contribution < -0.4 is 10.7 Å². The Morgan fingerprint density at radius 3 is 2.62 bits per heavy atom. The standard InChI is InChI=1S/C8H10N2O3/c1-4-6(3-7(11)12)8(13)10-5(2)9-4/h3H2,1-2H3,(H,11,12)(H,9,10,13)/p-1. The second-order valence-electron chi connectivity index (χ2n) is 2.76. The highest BCUT2D eigenvalue weighted by molar-refractivity contribution is 5.68. The molecular weight excluding hydrogens is 172 g/mol. The first-order chi connectivity index (χ1) is 6.00. The molecule has 70 valence electrons. The SMILES string of the molecule is Cc1nc(C)c(CC(=O)[O-])c(=O)[nH]1. The Balaban J connectivity index is 3.21. The fraction of sp³-hybridized carbons (Fsp3) is 0.375. The molecule has 1 aromatic heterocycles. The topological polar surface area (TPSA) is 85.9 Å². The molecular formula is C8H9N2O3-. The van der Waals surface area contributed by atoms with Gasteiger partial charge in [-0.05, 0) is 13.8 Å². The third-order valence-corrected chi connectivity index (χ3v) is 1.66. The first-order valence-corrected chi connectivity index (χ1v) is 3.77. The van der Waals surface area contributed by atoms with Crippen LogP contribution in [0.2, 0.25) is 0 Å². The maximum absolute atomic E-state index is 11.2. The zero-order valence-electron chi connectivity index (χ0n) is 7.38. The first-order valence-electron chi connectivity index (χ1n) is 3.77. The summed E-state index contributed by atoms with van der Waals surface area (Å²) in [6.07, 6.45) is -0.394. The number of carbonyl (C=O) groups is 1. The normalized spacial score (nSPS) is 10.0. The van der Waals surface area contributed by atoms with E-state index >= 15 is 0 Å². The number of carboxylic acid groups (broad SMARTS) is 1. The number of aromatic amines is 1. The zero-order valence-corrected chi connectivity index (χ0v) is 7.38. The minimum absolute atomic E-state index is 0.158. The van der Waals surface area contributed by atoms with Crippen molar-refractivity contribution in [2.45, 2.75) is 20.3 Å². The summed E-state index contributed by atoms with van der Waals surface area (Å²) in [7, 11) is 0. The van der Waals surface area contributed by atoms with Crippen molar-refractivity contribution >= 4 is 5.97 Å². The molecule has 0 saturated carbocycles. The van der Waals surface area contributed by atoms with E-state index in [9.17, 15) is 14.7 Å². The summed E-state index contributed by atoms with van der Waals surface area (Å²) >= 11 is 0. The average molecular weight is 181 g/mol. The van der Waals surface area contributed by atoms with Gasteiger partial charge in [0.05, 0.1) is 0 Å². The van der Waals surface area contributed by atoms with E-state index in [2.05, 4.69) is 9.97 Å². The van der Waals surface area contributed by atoms with Gasteiger partial charge in [-0.1, -0.05) is 0 Å². The predicted molar refractivity (Wildman–Crippen MR) is 43.0 cm³/mol. The van der Waals surface area contributed by atoms with Gasteiger partial charge in [0.15, 0.2) is 0 Å². The number of aliphatic carboxylic acids is 1. The summed E-state index contributed by atoms with van der Waals surface area (Å²) in [6.45, 7) is 3.23. The average Bonchev–Trinajstić information content (AvgIpc) is 1.96. The van der Waals surface area contributed by atoms with Gasteiger partial charge in [0.1, 0.15) is 5.82 Å². The van der Waals surface area contributed by atoms with Gasteiger partial charge in [-0.2, -0.15) is 0 Å². The quantitative estimate of drug-likeness (QED) is 0.613. The number of carboxylic acids is 1. The van der Waals surface area contributed by atoms with Crippen LogP contribution in [0, 0.1) is 13.8 Å². The fourth-order valence-electron chi connectivity index (χ4n) is 1.10. The van der Waals surface area contributed by atoms with Gasteiger partial charge in [0.25, 0.3) is 5.56 Å². The van der Waals surface area contributed by atoms with Crippen molar-refractivity contribution in [2.75, 3.05) is 0 Å². The van der Waals surface area contributed by atoms with Gasteiger partial charge < -0.3 is 14.9 Å². The highest BCUT2D eigenvalue weighted by Gasteiger charge is 2.05. The third kappa shape index (κ3) is 2.14. The molecule has 0 amide bonds. The molecule has 0 aliphatic rings. The minimum Gasteiger partial charge on any atom is -0.550 e. The summed E-state index contributed by atoms with van der Waals surface area (Å²) in [4.78, 5) is 27.8. The Bertz CT molecular complexity index is 395. The van der Waals surface area contributed by atoms with Crippen LogP contribution in [0.15, 0.2) is 4.79 Å². The molecule has 0 aromatic carbocycles. The molecule has 1 N–H and O–H groups in total. The van der Waals surface area contributed by atoms with Crippen LogP contribution in [0.4, 0.5) is 0 Å². The molecule has 0 radical (unpaired) electrons. The van der Waals surface area contributed by atoms with Crippen molar-refractivity contribution in [1.29, 1.82) is 0 Å². The van der Waals surface area contributed by atoms with Gasteiger partial charge in [-0.25, -0.2) is 4.98 Å². The summed E-state index contributed by atoms with van der Waals surface area (Å²) in [6, 6.07) is 0. The van der Waals surface area contributed by atoms with Crippen LogP contribution >= 0.6 is 0 Å². The number of rotatable bonds is 2.